The highest BCUT2D eigenvalue weighted by atomic mass is 16.4. The van der Waals surface area contributed by atoms with Crippen LogP contribution in [0.3, 0.4) is 0 Å². The fourth-order valence-corrected chi connectivity index (χ4v) is 2.03. The molecule has 0 unspecified atom stereocenters. The number of benzene rings is 1. The van der Waals surface area contributed by atoms with Crippen molar-refractivity contribution in [2.45, 2.75) is 6.42 Å². The van der Waals surface area contributed by atoms with Crippen molar-refractivity contribution in [1.82, 2.24) is 9.97 Å². The van der Waals surface area contributed by atoms with E-state index < -0.39 is 0 Å². The van der Waals surface area contributed by atoms with Crippen LogP contribution in [-0.4, -0.2) is 23.6 Å². The average Bonchev–Trinajstić information content (AvgIpc) is 2.89. The van der Waals surface area contributed by atoms with Crippen LogP contribution in [0.15, 0.2) is 47.1 Å². The zero-order valence-electron chi connectivity index (χ0n) is 11.3. The number of oxazole rings is 1. The molecule has 0 saturated carbocycles. The maximum atomic E-state index is 5.74. The first-order chi connectivity index (χ1) is 9.72. The van der Waals surface area contributed by atoms with Gasteiger partial charge in [-0.25, -0.2) is 0 Å². The quantitative estimate of drug-likeness (QED) is 0.736. The molecule has 0 atom stereocenters. The third kappa shape index (κ3) is 2.56. The highest BCUT2D eigenvalue weighted by Gasteiger charge is 2.10. The summed E-state index contributed by atoms with van der Waals surface area (Å²) >= 11 is 0. The Bertz CT molecular complexity index is 708. The summed E-state index contributed by atoms with van der Waals surface area (Å²) in [5.74, 6) is 0. The van der Waals surface area contributed by atoms with Crippen molar-refractivity contribution in [2.24, 2.45) is 0 Å². The van der Waals surface area contributed by atoms with E-state index >= 15 is 0 Å². The monoisotopic (exact) mass is 268 g/mol. The minimum atomic E-state index is 0.611. The number of nitrogen functional groups attached to an aromatic ring is 1. The number of anilines is 2. The topological polar surface area (TPSA) is 68.2 Å². The molecule has 0 aliphatic heterocycles. The van der Waals surface area contributed by atoms with E-state index in [0.717, 1.165) is 24.1 Å². The molecule has 0 aliphatic carbocycles. The number of nitrogens with zero attached hydrogens (tertiary/aromatic N) is 3. The molecule has 2 heterocycles. The number of rotatable bonds is 4. The normalized spacial score (nSPS) is 10.8. The van der Waals surface area contributed by atoms with Crippen molar-refractivity contribution >= 4 is 22.8 Å². The average molecular weight is 268 g/mol. The van der Waals surface area contributed by atoms with Gasteiger partial charge in [0.1, 0.15) is 5.52 Å². The van der Waals surface area contributed by atoms with Crippen LogP contribution in [0, 0.1) is 0 Å². The molecule has 3 rings (SSSR count). The summed E-state index contributed by atoms with van der Waals surface area (Å²) in [7, 11) is 1.97. The molecule has 0 spiro atoms. The second kappa shape index (κ2) is 5.21. The molecular weight excluding hydrogens is 252 g/mol. The lowest BCUT2D eigenvalue weighted by Gasteiger charge is -2.13. The van der Waals surface area contributed by atoms with Crippen LogP contribution in [0.2, 0.25) is 0 Å². The summed E-state index contributed by atoms with van der Waals surface area (Å²) in [5.41, 5.74) is 9.20. The van der Waals surface area contributed by atoms with Crippen molar-refractivity contribution in [3.8, 4) is 0 Å². The Morgan fingerprint density at radius 1 is 1.20 bits per heavy atom. The van der Waals surface area contributed by atoms with Crippen molar-refractivity contribution in [2.75, 3.05) is 24.2 Å². The highest BCUT2D eigenvalue weighted by molar-refractivity contribution is 5.78. The van der Waals surface area contributed by atoms with Gasteiger partial charge in [0.25, 0.3) is 6.01 Å². The number of fused-ring (bicyclic) bond motifs is 1. The largest absolute Gasteiger partial charge is 0.423 e. The van der Waals surface area contributed by atoms with Gasteiger partial charge in [0, 0.05) is 37.7 Å². The number of hydrogen-bond acceptors (Lipinski definition) is 5. The van der Waals surface area contributed by atoms with Crippen molar-refractivity contribution in [3.05, 3.63) is 48.3 Å². The molecule has 0 fully saturated rings. The van der Waals surface area contributed by atoms with E-state index in [-0.39, 0.29) is 0 Å². The third-order valence-electron chi connectivity index (χ3n) is 3.21. The summed E-state index contributed by atoms with van der Waals surface area (Å²) in [4.78, 5) is 10.5. The zero-order valence-corrected chi connectivity index (χ0v) is 11.3. The van der Waals surface area contributed by atoms with Crippen LogP contribution in [0.1, 0.15) is 5.56 Å². The van der Waals surface area contributed by atoms with E-state index in [0.29, 0.717) is 11.7 Å². The number of aromatic nitrogens is 2. The maximum Gasteiger partial charge on any atom is 0.298 e. The molecule has 3 aromatic rings. The van der Waals surface area contributed by atoms with E-state index in [1.807, 2.05) is 36.2 Å². The molecule has 20 heavy (non-hydrogen) atoms. The van der Waals surface area contributed by atoms with Crippen LogP contribution in [-0.2, 0) is 6.42 Å². The summed E-state index contributed by atoms with van der Waals surface area (Å²) in [5, 5.41) is 0. The van der Waals surface area contributed by atoms with E-state index in [4.69, 9.17) is 10.2 Å². The van der Waals surface area contributed by atoms with E-state index in [9.17, 15) is 0 Å². The van der Waals surface area contributed by atoms with Crippen molar-refractivity contribution < 1.29 is 4.42 Å². The molecule has 0 bridgehead atoms. The van der Waals surface area contributed by atoms with Gasteiger partial charge < -0.3 is 15.1 Å². The zero-order chi connectivity index (χ0) is 13.9. The molecule has 0 amide bonds. The Morgan fingerprint density at radius 3 is 2.80 bits per heavy atom. The molecule has 0 saturated heterocycles. The molecule has 5 heteroatoms. The van der Waals surface area contributed by atoms with Crippen LogP contribution in [0.25, 0.3) is 11.1 Å². The molecule has 2 N–H and O–H groups in total. The number of hydrogen-bond donors (Lipinski definition) is 1. The summed E-state index contributed by atoms with van der Waals surface area (Å²) < 4.78 is 5.72. The Balaban J connectivity index is 1.73. The van der Waals surface area contributed by atoms with E-state index in [1.54, 1.807) is 18.5 Å². The van der Waals surface area contributed by atoms with Crippen molar-refractivity contribution in [3.63, 3.8) is 0 Å². The second-order valence-corrected chi connectivity index (χ2v) is 4.75. The Labute approximate surface area is 117 Å². The SMILES string of the molecule is CN(CCc1ccncc1)c1nc2ccc(N)cc2o1. The Kier molecular flexibility index (Phi) is 3.25. The van der Waals surface area contributed by atoms with Gasteiger partial charge in [-0.1, -0.05) is 0 Å². The van der Waals surface area contributed by atoms with Gasteiger partial charge in [0.05, 0.1) is 0 Å². The maximum absolute atomic E-state index is 5.74. The van der Waals surface area contributed by atoms with Gasteiger partial charge >= 0.3 is 0 Å². The predicted octanol–water partition coefficient (Wildman–Crippen LogP) is 2.48. The van der Waals surface area contributed by atoms with E-state index in [1.165, 1.54) is 5.56 Å². The predicted molar refractivity (Wildman–Crippen MR) is 79.6 cm³/mol. The first kappa shape index (κ1) is 12.5. The van der Waals surface area contributed by atoms with Crippen LogP contribution >= 0.6 is 0 Å². The lowest BCUT2D eigenvalue weighted by atomic mass is 10.2. The minimum absolute atomic E-state index is 0.611. The van der Waals surface area contributed by atoms with Gasteiger partial charge in [0.15, 0.2) is 5.58 Å². The van der Waals surface area contributed by atoms with Gasteiger partial charge in [-0.05, 0) is 36.2 Å². The van der Waals surface area contributed by atoms with Gasteiger partial charge in [0.2, 0.25) is 0 Å². The molecule has 0 aliphatic rings. The second-order valence-electron chi connectivity index (χ2n) is 4.75. The molecular formula is C15H16N4O. The van der Waals surface area contributed by atoms with Gasteiger partial charge in [-0.15, -0.1) is 0 Å². The summed E-state index contributed by atoms with van der Waals surface area (Å²) in [6.45, 7) is 0.826. The first-order valence-corrected chi connectivity index (χ1v) is 6.48. The summed E-state index contributed by atoms with van der Waals surface area (Å²) in [6, 6.07) is 10.1. The molecule has 5 nitrogen and oxygen atoms in total. The van der Waals surface area contributed by atoms with Gasteiger partial charge in [-0.2, -0.15) is 4.98 Å². The first-order valence-electron chi connectivity index (χ1n) is 6.48. The lowest BCUT2D eigenvalue weighted by molar-refractivity contribution is 0.583. The van der Waals surface area contributed by atoms with Crippen LogP contribution in [0.5, 0.6) is 0 Å². The number of nitrogens with two attached hydrogens (primary N) is 1. The minimum Gasteiger partial charge on any atom is -0.423 e. The molecule has 0 radical (unpaired) electrons. The smallest absolute Gasteiger partial charge is 0.298 e. The Hall–Kier alpha value is -2.56. The lowest BCUT2D eigenvalue weighted by Crippen LogP contribution is -2.20. The Morgan fingerprint density at radius 2 is 2.00 bits per heavy atom. The highest BCUT2D eigenvalue weighted by Crippen LogP contribution is 2.23. The molecule has 102 valence electrons. The van der Waals surface area contributed by atoms with Crippen LogP contribution in [0.4, 0.5) is 11.7 Å². The van der Waals surface area contributed by atoms with Crippen LogP contribution < -0.4 is 10.6 Å². The molecule has 1 aromatic carbocycles. The van der Waals surface area contributed by atoms with Gasteiger partial charge in [-0.3, -0.25) is 4.98 Å². The van der Waals surface area contributed by atoms with E-state index in [2.05, 4.69) is 9.97 Å². The number of pyridine rings is 1. The number of likely N-dealkylation sites (N-methyl/N-ethyl adjacent to an activating group) is 1. The molecule has 2 aromatic heterocycles. The third-order valence-corrected chi connectivity index (χ3v) is 3.21. The fourth-order valence-electron chi connectivity index (χ4n) is 2.03. The fraction of sp³-hybridized carbons (Fsp3) is 0.200. The van der Waals surface area contributed by atoms with Crippen molar-refractivity contribution in [1.29, 1.82) is 0 Å². The summed E-state index contributed by atoms with van der Waals surface area (Å²) in [6.07, 6.45) is 4.52. The standard InChI is InChI=1S/C15H16N4O/c1-19(9-6-11-4-7-17-8-5-11)15-18-13-3-2-12(16)10-14(13)20-15/h2-5,7-8,10H,6,9,16H2,1H3.